The molecule has 0 fully saturated rings. The molecule has 0 bridgehead atoms. The fourth-order valence-corrected chi connectivity index (χ4v) is 6.43. The van der Waals surface area contributed by atoms with E-state index in [1.165, 1.54) is 33.4 Å². The molecule has 1 aliphatic carbocycles. The van der Waals surface area contributed by atoms with Crippen molar-refractivity contribution in [2.45, 2.75) is 19.3 Å². The minimum Gasteiger partial charge on any atom is -0.437 e. The van der Waals surface area contributed by atoms with Gasteiger partial charge in [-0.05, 0) is 63.2 Å². The Bertz CT molecular complexity index is 2080. The molecule has 2 heterocycles. The van der Waals surface area contributed by atoms with Gasteiger partial charge >= 0.3 is 0 Å². The maximum atomic E-state index is 6.46. The highest BCUT2D eigenvalue weighted by atomic mass is 16.3. The van der Waals surface area contributed by atoms with Gasteiger partial charge in [-0.25, -0.2) is 4.98 Å². The SMILES string of the molecule is CC1(C)c2ccccc2-c2ccc(-c3cccc(-c4cccc5c4oc4nc(-c6ccccc6)ccc45)c3)cc21. The summed E-state index contributed by atoms with van der Waals surface area (Å²) in [6.07, 6.45) is 0. The van der Waals surface area contributed by atoms with E-state index in [2.05, 4.69) is 123 Å². The van der Waals surface area contributed by atoms with Gasteiger partial charge < -0.3 is 4.42 Å². The van der Waals surface area contributed by atoms with Crippen LogP contribution in [0.3, 0.4) is 0 Å². The molecule has 40 heavy (non-hydrogen) atoms. The normalized spacial score (nSPS) is 13.4. The molecule has 1 aliphatic rings. The van der Waals surface area contributed by atoms with E-state index >= 15 is 0 Å². The van der Waals surface area contributed by atoms with E-state index in [0.29, 0.717) is 5.71 Å². The third-order valence-corrected chi connectivity index (χ3v) is 8.52. The topological polar surface area (TPSA) is 26.0 Å². The van der Waals surface area contributed by atoms with E-state index in [1.807, 2.05) is 18.2 Å². The number of rotatable bonds is 3. The van der Waals surface area contributed by atoms with Crippen LogP contribution in [0.5, 0.6) is 0 Å². The third kappa shape index (κ3) is 3.39. The number of benzene rings is 5. The summed E-state index contributed by atoms with van der Waals surface area (Å²) in [5.41, 5.74) is 13.6. The van der Waals surface area contributed by atoms with Crippen molar-refractivity contribution < 1.29 is 4.42 Å². The minimum atomic E-state index is -0.0228. The van der Waals surface area contributed by atoms with E-state index in [4.69, 9.17) is 9.40 Å². The number of hydrogen-bond acceptors (Lipinski definition) is 2. The van der Waals surface area contributed by atoms with Crippen molar-refractivity contribution in [1.82, 2.24) is 4.98 Å². The Labute approximate surface area is 233 Å². The summed E-state index contributed by atoms with van der Waals surface area (Å²) in [6.45, 7) is 4.66. The molecule has 0 saturated carbocycles. The van der Waals surface area contributed by atoms with Crippen molar-refractivity contribution in [3.63, 3.8) is 0 Å². The Morgan fingerprint density at radius 3 is 2.10 bits per heavy atom. The molecule has 0 aliphatic heterocycles. The monoisotopic (exact) mass is 513 g/mol. The molecular weight excluding hydrogens is 486 g/mol. The van der Waals surface area contributed by atoms with Crippen LogP contribution in [0, 0.1) is 0 Å². The Hall–Kier alpha value is -4.95. The Morgan fingerprint density at radius 2 is 1.20 bits per heavy atom. The molecule has 0 amide bonds. The smallest absolute Gasteiger partial charge is 0.227 e. The Kier molecular flexibility index (Phi) is 4.90. The average molecular weight is 514 g/mol. The van der Waals surface area contributed by atoms with Gasteiger partial charge in [0.1, 0.15) is 5.58 Å². The van der Waals surface area contributed by atoms with Gasteiger partial charge in [0.25, 0.3) is 0 Å². The zero-order chi connectivity index (χ0) is 26.8. The molecule has 5 aromatic carbocycles. The number of furan rings is 1. The molecule has 190 valence electrons. The summed E-state index contributed by atoms with van der Waals surface area (Å²) in [6, 6.07) is 45.3. The van der Waals surface area contributed by atoms with E-state index < -0.39 is 0 Å². The van der Waals surface area contributed by atoms with Crippen molar-refractivity contribution in [2.24, 2.45) is 0 Å². The van der Waals surface area contributed by atoms with E-state index in [0.717, 1.165) is 38.7 Å². The zero-order valence-corrected chi connectivity index (χ0v) is 22.5. The van der Waals surface area contributed by atoms with E-state index in [-0.39, 0.29) is 5.41 Å². The van der Waals surface area contributed by atoms with Gasteiger partial charge in [-0.2, -0.15) is 0 Å². The third-order valence-electron chi connectivity index (χ3n) is 8.52. The van der Waals surface area contributed by atoms with Crippen LogP contribution in [-0.2, 0) is 5.41 Å². The quantitative estimate of drug-likeness (QED) is 0.235. The van der Waals surface area contributed by atoms with Gasteiger partial charge in [0, 0.05) is 27.3 Å². The summed E-state index contributed by atoms with van der Waals surface area (Å²) in [5, 5.41) is 2.12. The van der Waals surface area contributed by atoms with Gasteiger partial charge in [-0.3, -0.25) is 0 Å². The zero-order valence-electron chi connectivity index (χ0n) is 22.5. The second kappa shape index (κ2) is 8.53. The lowest BCUT2D eigenvalue weighted by atomic mass is 9.81. The Balaban J connectivity index is 1.23. The summed E-state index contributed by atoms with van der Waals surface area (Å²) in [5.74, 6) is 0. The van der Waals surface area contributed by atoms with E-state index in [1.54, 1.807) is 0 Å². The summed E-state index contributed by atoms with van der Waals surface area (Å²) >= 11 is 0. The molecule has 2 aromatic heterocycles. The molecule has 0 atom stereocenters. The molecule has 0 unspecified atom stereocenters. The second-order valence-corrected chi connectivity index (χ2v) is 11.2. The first-order valence-corrected chi connectivity index (χ1v) is 13.8. The van der Waals surface area contributed by atoms with Gasteiger partial charge in [0.2, 0.25) is 5.71 Å². The van der Waals surface area contributed by atoms with Crippen LogP contribution in [0.2, 0.25) is 0 Å². The molecule has 0 N–H and O–H groups in total. The standard InChI is InChI=1S/C38H27NO/c1-38(2)33-17-7-6-14-29(33)30-19-18-26(23-34(30)38)25-12-8-13-27(22-25)28-15-9-16-31-32-20-21-35(24-10-4-3-5-11-24)39-37(32)40-36(28)31/h3-23H,1-2H3. The van der Waals surface area contributed by atoms with Gasteiger partial charge in [0.05, 0.1) is 5.69 Å². The number of pyridine rings is 1. The first kappa shape index (κ1) is 23.0. The Morgan fingerprint density at radius 1 is 0.500 bits per heavy atom. The summed E-state index contributed by atoms with van der Waals surface area (Å²) < 4.78 is 6.46. The lowest BCUT2D eigenvalue weighted by Crippen LogP contribution is -2.14. The number of hydrogen-bond donors (Lipinski definition) is 0. The predicted octanol–water partition coefficient (Wildman–Crippen LogP) is 10.3. The molecule has 0 saturated heterocycles. The van der Waals surface area contributed by atoms with Crippen molar-refractivity contribution in [1.29, 1.82) is 0 Å². The van der Waals surface area contributed by atoms with Crippen LogP contribution in [0.25, 0.3) is 66.7 Å². The number of aromatic nitrogens is 1. The number of fused-ring (bicyclic) bond motifs is 6. The average Bonchev–Trinajstić information content (AvgIpc) is 3.49. The van der Waals surface area contributed by atoms with Crippen LogP contribution in [-0.4, -0.2) is 4.98 Å². The van der Waals surface area contributed by atoms with Crippen molar-refractivity contribution >= 4 is 22.1 Å². The molecule has 8 rings (SSSR count). The highest BCUT2D eigenvalue weighted by Crippen LogP contribution is 2.49. The van der Waals surface area contributed by atoms with Crippen LogP contribution in [0.15, 0.2) is 132 Å². The predicted molar refractivity (Wildman–Crippen MR) is 165 cm³/mol. The molecule has 2 heteroatoms. The van der Waals surface area contributed by atoms with Crippen molar-refractivity contribution in [3.05, 3.63) is 139 Å². The number of nitrogens with zero attached hydrogens (tertiary/aromatic N) is 1. The van der Waals surface area contributed by atoms with Crippen molar-refractivity contribution in [3.8, 4) is 44.6 Å². The molecule has 2 nitrogen and oxygen atoms in total. The van der Waals surface area contributed by atoms with Gasteiger partial charge in [-0.1, -0.05) is 117 Å². The maximum absolute atomic E-state index is 6.46. The van der Waals surface area contributed by atoms with Crippen LogP contribution in [0.4, 0.5) is 0 Å². The van der Waals surface area contributed by atoms with Crippen molar-refractivity contribution in [2.75, 3.05) is 0 Å². The van der Waals surface area contributed by atoms with Crippen LogP contribution >= 0.6 is 0 Å². The van der Waals surface area contributed by atoms with Crippen LogP contribution in [0.1, 0.15) is 25.0 Å². The maximum Gasteiger partial charge on any atom is 0.227 e. The van der Waals surface area contributed by atoms with E-state index in [9.17, 15) is 0 Å². The van der Waals surface area contributed by atoms with Gasteiger partial charge in [0.15, 0.2) is 0 Å². The van der Waals surface area contributed by atoms with Gasteiger partial charge in [-0.15, -0.1) is 0 Å². The molecular formula is C38H27NO. The molecule has 0 spiro atoms. The summed E-state index contributed by atoms with van der Waals surface area (Å²) in [4.78, 5) is 4.88. The second-order valence-electron chi connectivity index (χ2n) is 11.2. The largest absolute Gasteiger partial charge is 0.437 e. The fraction of sp³-hybridized carbons (Fsp3) is 0.0789. The first-order chi connectivity index (χ1) is 19.6. The number of para-hydroxylation sites is 1. The highest BCUT2D eigenvalue weighted by molar-refractivity contribution is 6.09. The first-order valence-electron chi connectivity index (χ1n) is 13.8. The fourth-order valence-electron chi connectivity index (χ4n) is 6.43. The lowest BCUT2D eigenvalue weighted by Gasteiger charge is -2.22. The molecule has 0 radical (unpaired) electrons. The van der Waals surface area contributed by atoms with Crippen LogP contribution < -0.4 is 0 Å². The summed E-state index contributed by atoms with van der Waals surface area (Å²) in [7, 11) is 0. The lowest BCUT2D eigenvalue weighted by molar-refractivity contribution is 0.655. The highest BCUT2D eigenvalue weighted by Gasteiger charge is 2.35. The minimum absolute atomic E-state index is 0.0228. The molecule has 7 aromatic rings.